The normalized spacial score (nSPS) is 11.9. The molecule has 2 rings (SSSR count). The van der Waals surface area contributed by atoms with E-state index in [1.165, 1.54) is 6.07 Å². The molecule has 116 valence electrons. The van der Waals surface area contributed by atoms with Gasteiger partial charge in [-0.25, -0.2) is 0 Å². The summed E-state index contributed by atoms with van der Waals surface area (Å²) in [6, 6.07) is 3.38. The first-order chi connectivity index (χ1) is 10.2. The molecule has 0 atom stereocenters. The molecule has 9 N–H and O–H groups in total. The number of aromatic hydroxyl groups is 1. The van der Waals surface area contributed by atoms with Crippen LogP contribution in [-0.4, -0.2) is 37.4 Å². The van der Waals surface area contributed by atoms with Crippen LogP contribution in [0.2, 0.25) is 0 Å². The van der Waals surface area contributed by atoms with E-state index in [-0.39, 0.29) is 29.0 Å². The maximum absolute atomic E-state index is 11.1. The molecule has 0 spiro atoms. The van der Waals surface area contributed by atoms with Gasteiger partial charge in [-0.2, -0.15) is 0 Å². The second-order valence-corrected chi connectivity index (χ2v) is 7.41. The summed E-state index contributed by atoms with van der Waals surface area (Å²) in [6.45, 7) is 0. The van der Waals surface area contributed by atoms with Crippen LogP contribution in [0.25, 0.3) is 0 Å². The molecule has 0 radical (unpaired) electrons. The molecule has 0 saturated carbocycles. The molecule has 22 heavy (non-hydrogen) atoms. The molecule has 0 aliphatic carbocycles. The summed E-state index contributed by atoms with van der Waals surface area (Å²) in [6.07, 6.45) is 0. The number of nitrogens with two attached hydrogens (primary N) is 3. The van der Waals surface area contributed by atoms with Gasteiger partial charge >= 0.3 is 126 Å². The summed E-state index contributed by atoms with van der Waals surface area (Å²) >= 11 is -5.20. The van der Waals surface area contributed by atoms with Crippen LogP contribution >= 0.6 is 0 Å². The van der Waals surface area contributed by atoms with Gasteiger partial charge in [-0.3, -0.25) is 0 Å². The van der Waals surface area contributed by atoms with Crippen molar-refractivity contribution in [2.75, 3.05) is 17.2 Å². The second kappa shape index (κ2) is 5.64. The van der Waals surface area contributed by atoms with Crippen LogP contribution in [0.15, 0.2) is 28.4 Å². The fourth-order valence-corrected chi connectivity index (χ4v) is 2.86. The van der Waals surface area contributed by atoms with Crippen LogP contribution in [0.3, 0.4) is 0 Å². The minimum atomic E-state index is -5.20. The molecule has 12 heteroatoms. The second-order valence-electron chi connectivity index (χ2n) is 4.12. The third-order valence-corrected chi connectivity index (χ3v) is 4.60. The first-order valence-corrected chi connectivity index (χ1v) is 9.06. The van der Waals surface area contributed by atoms with Crippen LogP contribution in [0.1, 0.15) is 0 Å². The molecule has 1 aromatic carbocycles. The Balaban J connectivity index is 2.36. The SMILES string of the molecule is Nc1nc(N)c(N=Nc2ccc([As](=O)(O)O)c(O)c2)c(N)n1. The van der Waals surface area contributed by atoms with E-state index >= 15 is 0 Å². The predicted octanol–water partition coefficient (Wildman–Crippen LogP) is -1.09. The Labute approximate surface area is 126 Å². The van der Waals surface area contributed by atoms with Crippen molar-refractivity contribution < 1.29 is 17.0 Å². The van der Waals surface area contributed by atoms with Crippen molar-refractivity contribution in [3.63, 3.8) is 0 Å². The molecule has 0 amide bonds. The first-order valence-electron chi connectivity index (χ1n) is 5.68. The number of hydrogen-bond donors (Lipinski definition) is 6. The Morgan fingerprint density at radius 1 is 1.05 bits per heavy atom. The fourth-order valence-electron chi connectivity index (χ4n) is 1.54. The molecule has 11 nitrogen and oxygen atoms in total. The van der Waals surface area contributed by atoms with Gasteiger partial charge in [0.2, 0.25) is 0 Å². The van der Waals surface area contributed by atoms with E-state index in [0.29, 0.717) is 0 Å². The van der Waals surface area contributed by atoms with Gasteiger partial charge in [0.15, 0.2) is 0 Å². The predicted molar refractivity (Wildman–Crippen MR) is 78.1 cm³/mol. The molecule has 0 saturated heterocycles. The Kier molecular flexibility index (Phi) is 4.04. The Bertz CT molecular complexity index is 781. The molecular formula is C10H12AsN7O4. The number of nitrogen functional groups attached to an aromatic ring is 3. The number of anilines is 3. The summed E-state index contributed by atoms with van der Waals surface area (Å²) in [4.78, 5) is 7.34. The number of nitrogens with zero attached hydrogens (tertiary/aromatic N) is 4. The quantitative estimate of drug-likeness (QED) is 0.286. The summed E-state index contributed by atoms with van der Waals surface area (Å²) in [5.74, 6) is -0.848. The monoisotopic (exact) mass is 369 g/mol. The van der Waals surface area contributed by atoms with Crippen molar-refractivity contribution in [1.29, 1.82) is 0 Å². The average Bonchev–Trinajstić information content (AvgIpc) is 2.35. The zero-order valence-corrected chi connectivity index (χ0v) is 12.8. The standard InChI is InChI=1S/C10H12AsN7O4/c12-8-7(9(13)16-10(14)15-8)18-17-4-1-2-5(6(19)3-4)11(20,21)22/h1-3,19H,(H2,20,21,22)(H6,12,13,14,15,16). The van der Waals surface area contributed by atoms with E-state index in [2.05, 4.69) is 20.2 Å². The summed E-state index contributed by atoms with van der Waals surface area (Å²) in [5, 5.41) is 17.1. The van der Waals surface area contributed by atoms with Crippen LogP contribution in [0, 0.1) is 0 Å². The summed E-state index contributed by atoms with van der Waals surface area (Å²) in [5.41, 5.74) is 16.6. The molecule has 0 aliphatic rings. The molecular weight excluding hydrogens is 357 g/mol. The number of phenols is 1. The number of hydrogen-bond acceptors (Lipinski definition) is 9. The van der Waals surface area contributed by atoms with Crippen LogP contribution in [0.5, 0.6) is 5.75 Å². The summed E-state index contributed by atoms with van der Waals surface area (Å²) in [7, 11) is 0. The van der Waals surface area contributed by atoms with Crippen LogP contribution in [-0.2, 0) is 3.74 Å². The minimum absolute atomic E-state index is 0.00291. The fraction of sp³-hybridized carbons (Fsp3) is 0. The van der Waals surface area contributed by atoms with Gasteiger partial charge in [-0.15, -0.1) is 0 Å². The van der Waals surface area contributed by atoms with Crippen molar-refractivity contribution in [1.82, 2.24) is 9.97 Å². The van der Waals surface area contributed by atoms with E-state index in [0.717, 1.165) is 12.1 Å². The van der Waals surface area contributed by atoms with Crippen molar-refractivity contribution in [3.8, 4) is 5.75 Å². The third-order valence-electron chi connectivity index (χ3n) is 2.49. The van der Waals surface area contributed by atoms with E-state index in [1.54, 1.807) is 0 Å². The van der Waals surface area contributed by atoms with Gasteiger partial charge in [0.1, 0.15) is 0 Å². The first kappa shape index (κ1) is 15.8. The number of aromatic nitrogens is 2. The number of benzene rings is 1. The Hall–Kier alpha value is -2.62. The Morgan fingerprint density at radius 3 is 2.14 bits per heavy atom. The molecule has 0 unspecified atom stereocenters. The molecule has 0 aliphatic heterocycles. The van der Waals surface area contributed by atoms with Crippen molar-refractivity contribution in [2.45, 2.75) is 0 Å². The third kappa shape index (κ3) is 3.34. The van der Waals surface area contributed by atoms with Crippen LogP contribution < -0.4 is 21.6 Å². The van der Waals surface area contributed by atoms with Crippen LogP contribution in [0.4, 0.5) is 29.0 Å². The topological polar surface area (TPSA) is 206 Å². The molecule has 0 bridgehead atoms. The Morgan fingerprint density at radius 2 is 1.64 bits per heavy atom. The van der Waals surface area contributed by atoms with Gasteiger partial charge < -0.3 is 0 Å². The van der Waals surface area contributed by atoms with Gasteiger partial charge in [-0.05, 0) is 0 Å². The zero-order chi connectivity index (χ0) is 16.5. The van der Waals surface area contributed by atoms with E-state index in [1.807, 2.05) is 0 Å². The zero-order valence-electron chi connectivity index (χ0n) is 11.0. The van der Waals surface area contributed by atoms with Gasteiger partial charge in [0, 0.05) is 0 Å². The maximum atomic E-state index is 11.1. The van der Waals surface area contributed by atoms with Crippen molar-refractivity contribution >= 4 is 47.5 Å². The average molecular weight is 369 g/mol. The van der Waals surface area contributed by atoms with Gasteiger partial charge in [-0.1, -0.05) is 0 Å². The molecule has 1 heterocycles. The number of azo groups is 1. The summed E-state index contributed by atoms with van der Waals surface area (Å²) < 4.78 is 28.8. The number of rotatable bonds is 3. The molecule has 0 fully saturated rings. The molecule has 2 aromatic rings. The van der Waals surface area contributed by atoms with Crippen molar-refractivity contribution in [2.24, 2.45) is 10.2 Å². The van der Waals surface area contributed by atoms with Gasteiger partial charge in [0.25, 0.3) is 0 Å². The van der Waals surface area contributed by atoms with Gasteiger partial charge in [0.05, 0.1) is 0 Å². The molecule has 1 aromatic heterocycles. The van der Waals surface area contributed by atoms with E-state index in [9.17, 15) is 8.85 Å². The van der Waals surface area contributed by atoms with E-state index < -0.39 is 24.3 Å². The number of phenolic OH excluding ortho intramolecular Hbond substituents is 1. The van der Waals surface area contributed by atoms with Crippen molar-refractivity contribution in [3.05, 3.63) is 18.2 Å². The van der Waals surface area contributed by atoms with E-state index in [4.69, 9.17) is 25.4 Å².